The lowest BCUT2D eigenvalue weighted by Crippen LogP contribution is -2.51. The Balaban J connectivity index is 2.02. The Hall–Kier alpha value is -2.72. The second kappa shape index (κ2) is 14.3. The number of hydrogen-bond donors (Lipinski definition) is 1. The number of carbonyl (C=O) groups excluding carboxylic acids is 2. The van der Waals surface area contributed by atoms with Gasteiger partial charge in [-0.05, 0) is 80.6 Å². The van der Waals surface area contributed by atoms with Crippen LogP contribution >= 0.6 is 35.0 Å². The molecule has 0 aliphatic carbocycles. The molecule has 11 heteroatoms. The van der Waals surface area contributed by atoms with E-state index in [4.69, 9.17) is 23.2 Å². The molecule has 3 aromatic rings. The molecule has 0 fully saturated rings. The molecule has 1 N–H and O–H groups in total. The van der Waals surface area contributed by atoms with Crippen molar-refractivity contribution >= 4 is 62.5 Å². The van der Waals surface area contributed by atoms with Gasteiger partial charge in [-0.1, -0.05) is 53.9 Å². The van der Waals surface area contributed by atoms with Crippen LogP contribution < -0.4 is 9.62 Å². The summed E-state index contributed by atoms with van der Waals surface area (Å²) in [5, 5.41) is 3.49. The Morgan fingerprint density at radius 1 is 0.975 bits per heavy atom. The Kier molecular flexibility index (Phi) is 11.3. The van der Waals surface area contributed by atoms with Gasteiger partial charge in [0.1, 0.15) is 12.6 Å². The number of nitrogens with one attached hydrogen (secondary N) is 1. The monoisotopic (exact) mass is 621 g/mol. The fourth-order valence-corrected chi connectivity index (χ4v) is 6.07. The van der Waals surface area contributed by atoms with Crippen molar-refractivity contribution in [2.75, 3.05) is 23.7 Å². The summed E-state index contributed by atoms with van der Waals surface area (Å²) in [7, 11) is -4.13. The summed E-state index contributed by atoms with van der Waals surface area (Å²) in [6.07, 6.45) is 2.63. The van der Waals surface area contributed by atoms with Crippen molar-refractivity contribution < 1.29 is 18.0 Å². The van der Waals surface area contributed by atoms with E-state index in [0.29, 0.717) is 27.8 Å². The third kappa shape index (κ3) is 7.94. The Labute approximate surface area is 250 Å². The van der Waals surface area contributed by atoms with Crippen LogP contribution in [0, 0.1) is 6.92 Å². The molecule has 0 radical (unpaired) electrons. The maximum atomic E-state index is 13.9. The number of thioether (sulfide) groups is 1. The standard InChI is InChI=1S/C29H33Cl2N3O4S2/c1-5-16-32-29(36)21(3)33(18-22-8-15-26(30)27(31)17-22)28(35)19-34(23-9-6-20(2)7-10-23)40(37,38)25-13-11-24(39-4)12-14-25/h6-15,17,21H,5,16,18-19H2,1-4H3,(H,32,36). The quantitative estimate of drug-likeness (QED) is 0.245. The molecule has 3 aromatic carbocycles. The van der Waals surface area contributed by atoms with Crippen molar-refractivity contribution in [3.63, 3.8) is 0 Å². The van der Waals surface area contributed by atoms with E-state index in [1.165, 1.54) is 28.8 Å². The van der Waals surface area contributed by atoms with Gasteiger partial charge in [0.15, 0.2) is 0 Å². The van der Waals surface area contributed by atoms with Gasteiger partial charge in [-0.2, -0.15) is 0 Å². The molecule has 0 bridgehead atoms. The predicted octanol–water partition coefficient (Wildman–Crippen LogP) is 6.16. The number of halogens is 2. The summed E-state index contributed by atoms with van der Waals surface area (Å²) in [4.78, 5) is 29.2. The third-order valence-corrected chi connectivity index (χ3v) is 9.57. The molecule has 0 aliphatic rings. The van der Waals surface area contributed by atoms with Crippen LogP contribution in [0.3, 0.4) is 0 Å². The average Bonchev–Trinajstić information content (AvgIpc) is 2.95. The first-order valence-electron chi connectivity index (χ1n) is 12.7. The molecule has 0 saturated heterocycles. The maximum absolute atomic E-state index is 13.9. The first-order chi connectivity index (χ1) is 19.0. The third-order valence-electron chi connectivity index (χ3n) is 6.30. The first-order valence-corrected chi connectivity index (χ1v) is 16.1. The first kappa shape index (κ1) is 31.8. The van der Waals surface area contributed by atoms with Crippen LogP contribution in [0.4, 0.5) is 5.69 Å². The minimum Gasteiger partial charge on any atom is -0.354 e. The number of hydrogen-bond acceptors (Lipinski definition) is 5. The van der Waals surface area contributed by atoms with Crippen LogP contribution in [0.25, 0.3) is 0 Å². The van der Waals surface area contributed by atoms with Crippen LogP contribution in [0.15, 0.2) is 76.5 Å². The lowest BCUT2D eigenvalue weighted by Gasteiger charge is -2.32. The van der Waals surface area contributed by atoms with Gasteiger partial charge >= 0.3 is 0 Å². The minimum atomic E-state index is -4.13. The van der Waals surface area contributed by atoms with E-state index in [0.717, 1.165) is 21.2 Å². The lowest BCUT2D eigenvalue weighted by molar-refractivity contribution is -0.139. The van der Waals surface area contributed by atoms with Gasteiger partial charge < -0.3 is 10.2 Å². The van der Waals surface area contributed by atoms with Crippen molar-refractivity contribution in [1.29, 1.82) is 0 Å². The zero-order chi connectivity index (χ0) is 29.4. The largest absolute Gasteiger partial charge is 0.354 e. The molecule has 214 valence electrons. The highest BCUT2D eigenvalue weighted by Gasteiger charge is 2.32. The van der Waals surface area contributed by atoms with E-state index in [2.05, 4.69) is 5.32 Å². The summed E-state index contributed by atoms with van der Waals surface area (Å²) in [5.74, 6) is -0.886. The highest BCUT2D eigenvalue weighted by Crippen LogP contribution is 2.27. The van der Waals surface area contributed by atoms with Gasteiger partial charge in [0.2, 0.25) is 11.8 Å². The van der Waals surface area contributed by atoms with Crippen molar-refractivity contribution in [2.24, 2.45) is 0 Å². The fourth-order valence-electron chi connectivity index (χ4n) is 3.93. The van der Waals surface area contributed by atoms with Gasteiger partial charge in [0, 0.05) is 18.0 Å². The summed E-state index contributed by atoms with van der Waals surface area (Å²) >= 11 is 13.8. The van der Waals surface area contributed by atoms with E-state index >= 15 is 0 Å². The summed E-state index contributed by atoms with van der Waals surface area (Å²) in [6, 6.07) is 17.5. The van der Waals surface area contributed by atoms with Crippen LogP contribution in [0.1, 0.15) is 31.4 Å². The second-order valence-corrected chi connectivity index (χ2v) is 12.8. The number of aryl methyl sites for hydroxylation is 1. The fraction of sp³-hybridized carbons (Fsp3) is 0.310. The topological polar surface area (TPSA) is 86.8 Å². The molecular weight excluding hydrogens is 589 g/mol. The lowest BCUT2D eigenvalue weighted by atomic mass is 10.1. The van der Waals surface area contributed by atoms with Crippen LogP contribution in [0.5, 0.6) is 0 Å². The Bertz CT molecular complexity index is 1430. The van der Waals surface area contributed by atoms with Crippen molar-refractivity contribution in [1.82, 2.24) is 10.2 Å². The molecule has 40 heavy (non-hydrogen) atoms. The Morgan fingerprint density at radius 2 is 1.62 bits per heavy atom. The second-order valence-electron chi connectivity index (χ2n) is 9.26. The normalized spacial score (nSPS) is 12.1. The van der Waals surface area contributed by atoms with E-state index in [9.17, 15) is 18.0 Å². The molecule has 3 rings (SSSR count). The van der Waals surface area contributed by atoms with Gasteiger partial charge in [-0.15, -0.1) is 11.8 Å². The van der Waals surface area contributed by atoms with Gasteiger partial charge in [-0.3, -0.25) is 13.9 Å². The van der Waals surface area contributed by atoms with Crippen molar-refractivity contribution in [3.8, 4) is 0 Å². The molecule has 0 heterocycles. The van der Waals surface area contributed by atoms with E-state index < -0.39 is 28.5 Å². The van der Waals surface area contributed by atoms with Crippen molar-refractivity contribution in [3.05, 3.63) is 87.9 Å². The number of rotatable bonds is 12. The SMILES string of the molecule is CCCNC(=O)C(C)N(Cc1ccc(Cl)c(Cl)c1)C(=O)CN(c1ccc(C)cc1)S(=O)(=O)c1ccc(SC)cc1. The molecular formula is C29H33Cl2N3O4S2. The highest BCUT2D eigenvalue weighted by molar-refractivity contribution is 7.98. The average molecular weight is 623 g/mol. The number of amides is 2. The molecule has 0 aliphatic heterocycles. The summed E-state index contributed by atoms with van der Waals surface area (Å²) in [5.41, 5.74) is 1.93. The number of sulfonamides is 1. The zero-order valence-electron chi connectivity index (χ0n) is 22.9. The summed E-state index contributed by atoms with van der Waals surface area (Å²) < 4.78 is 28.9. The number of anilines is 1. The highest BCUT2D eigenvalue weighted by atomic mass is 35.5. The molecule has 0 spiro atoms. The predicted molar refractivity (Wildman–Crippen MR) is 164 cm³/mol. The number of benzene rings is 3. The minimum absolute atomic E-state index is 0.0284. The molecule has 7 nitrogen and oxygen atoms in total. The maximum Gasteiger partial charge on any atom is 0.264 e. The van der Waals surface area contributed by atoms with Crippen LogP contribution in [0.2, 0.25) is 10.0 Å². The molecule has 0 saturated carbocycles. The molecule has 1 unspecified atom stereocenters. The number of carbonyl (C=O) groups is 2. The van der Waals surface area contributed by atoms with Crippen LogP contribution in [-0.2, 0) is 26.2 Å². The van der Waals surface area contributed by atoms with Gasteiger partial charge in [0.25, 0.3) is 10.0 Å². The zero-order valence-corrected chi connectivity index (χ0v) is 26.0. The number of nitrogens with zero attached hydrogens (tertiary/aromatic N) is 2. The van der Waals surface area contributed by atoms with Crippen molar-refractivity contribution in [2.45, 2.75) is 49.6 Å². The molecule has 1 atom stereocenters. The Morgan fingerprint density at radius 3 is 2.20 bits per heavy atom. The molecule has 0 aromatic heterocycles. The molecule has 2 amide bonds. The van der Waals surface area contributed by atoms with E-state index in [1.807, 2.05) is 20.1 Å². The van der Waals surface area contributed by atoms with Crippen LogP contribution in [-0.4, -0.2) is 50.5 Å². The smallest absolute Gasteiger partial charge is 0.264 e. The van der Waals surface area contributed by atoms with E-state index in [-0.39, 0.29) is 17.3 Å². The van der Waals surface area contributed by atoms with Gasteiger partial charge in [0.05, 0.1) is 20.6 Å². The summed E-state index contributed by atoms with van der Waals surface area (Å²) in [6.45, 7) is 5.41. The van der Waals surface area contributed by atoms with E-state index in [1.54, 1.807) is 61.5 Å². The van der Waals surface area contributed by atoms with Gasteiger partial charge in [-0.25, -0.2) is 8.42 Å².